The number of hydrogen-bond acceptors (Lipinski definition) is 3. The summed E-state index contributed by atoms with van der Waals surface area (Å²) in [5.74, 6) is 1.39. The summed E-state index contributed by atoms with van der Waals surface area (Å²) in [6.07, 6.45) is 11.5. The minimum absolute atomic E-state index is 0.357. The molecule has 20 heavy (non-hydrogen) atoms. The lowest BCUT2D eigenvalue weighted by Gasteiger charge is -2.33. The van der Waals surface area contributed by atoms with Gasteiger partial charge in [-0.2, -0.15) is 0 Å². The molecule has 3 rings (SSSR count). The SMILES string of the molecule is O=C(CC1CCCC1)N1CCCC(c2ccncn2)C1. The molecule has 1 aromatic heterocycles. The van der Waals surface area contributed by atoms with Gasteiger partial charge in [-0.05, 0) is 37.7 Å². The summed E-state index contributed by atoms with van der Waals surface area (Å²) < 4.78 is 0. The van der Waals surface area contributed by atoms with Crippen LogP contribution < -0.4 is 0 Å². The van der Waals surface area contributed by atoms with Crippen molar-refractivity contribution in [3.05, 3.63) is 24.3 Å². The molecular weight excluding hydrogens is 250 g/mol. The molecule has 108 valence electrons. The number of piperidine rings is 1. The van der Waals surface area contributed by atoms with Gasteiger partial charge in [0.2, 0.25) is 5.91 Å². The maximum atomic E-state index is 12.4. The molecule has 0 spiro atoms. The van der Waals surface area contributed by atoms with E-state index < -0.39 is 0 Å². The Hall–Kier alpha value is -1.45. The summed E-state index contributed by atoms with van der Waals surface area (Å²) >= 11 is 0. The normalized spacial score (nSPS) is 24.0. The average Bonchev–Trinajstić information content (AvgIpc) is 3.01. The van der Waals surface area contributed by atoms with Crippen LogP contribution in [0.3, 0.4) is 0 Å². The zero-order valence-electron chi connectivity index (χ0n) is 12.0. The molecule has 2 heterocycles. The molecule has 1 saturated carbocycles. The fourth-order valence-electron chi connectivity index (χ4n) is 3.58. The molecule has 1 aliphatic carbocycles. The summed E-state index contributed by atoms with van der Waals surface area (Å²) in [5, 5.41) is 0. The standard InChI is InChI=1S/C16H23N3O/c20-16(10-13-4-1-2-5-13)19-9-3-6-14(11-19)15-7-8-17-12-18-15/h7-8,12-14H,1-6,9-11H2. The lowest BCUT2D eigenvalue weighted by Crippen LogP contribution is -2.39. The monoisotopic (exact) mass is 273 g/mol. The number of nitrogens with zero attached hydrogens (tertiary/aromatic N) is 3. The zero-order chi connectivity index (χ0) is 13.8. The van der Waals surface area contributed by atoms with Crippen molar-refractivity contribution in [2.75, 3.05) is 13.1 Å². The molecule has 1 saturated heterocycles. The highest BCUT2D eigenvalue weighted by atomic mass is 16.2. The van der Waals surface area contributed by atoms with Crippen molar-refractivity contribution in [3.63, 3.8) is 0 Å². The van der Waals surface area contributed by atoms with Crippen LogP contribution in [0, 0.1) is 5.92 Å². The van der Waals surface area contributed by atoms with E-state index in [9.17, 15) is 4.79 Å². The van der Waals surface area contributed by atoms with Crippen molar-refractivity contribution >= 4 is 5.91 Å². The fourth-order valence-corrected chi connectivity index (χ4v) is 3.58. The van der Waals surface area contributed by atoms with Crippen LogP contribution in [-0.4, -0.2) is 33.9 Å². The predicted molar refractivity (Wildman–Crippen MR) is 77.2 cm³/mol. The van der Waals surface area contributed by atoms with Crippen LogP contribution in [0.4, 0.5) is 0 Å². The maximum Gasteiger partial charge on any atom is 0.222 e. The maximum absolute atomic E-state index is 12.4. The number of aromatic nitrogens is 2. The molecule has 2 aliphatic rings. The van der Waals surface area contributed by atoms with Crippen LogP contribution in [0.5, 0.6) is 0 Å². The second-order valence-corrected chi connectivity index (χ2v) is 6.17. The van der Waals surface area contributed by atoms with Crippen LogP contribution in [0.1, 0.15) is 56.6 Å². The lowest BCUT2D eigenvalue weighted by molar-refractivity contribution is -0.133. The fraction of sp³-hybridized carbons (Fsp3) is 0.688. The van der Waals surface area contributed by atoms with Crippen molar-refractivity contribution in [1.29, 1.82) is 0 Å². The second kappa shape index (κ2) is 6.33. The van der Waals surface area contributed by atoms with Crippen molar-refractivity contribution in [2.24, 2.45) is 5.92 Å². The Morgan fingerprint density at radius 3 is 2.85 bits per heavy atom. The topological polar surface area (TPSA) is 46.1 Å². The second-order valence-electron chi connectivity index (χ2n) is 6.17. The van der Waals surface area contributed by atoms with Gasteiger partial charge in [-0.1, -0.05) is 12.8 Å². The zero-order valence-corrected chi connectivity index (χ0v) is 12.0. The van der Waals surface area contributed by atoms with Crippen LogP contribution in [0.25, 0.3) is 0 Å². The smallest absolute Gasteiger partial charge is 0.222 e. The van der Waals surface area contributed by atoms with Crippen molar-refractivity contribution in [2.45, 2.75) is 50.9 Å². The first-order valence-corrected chi connectivity index (χ1v) is 7.86. The molecule has 0 N–H and O–H groups in total. The largest absolute Gasteiger partial charge is 0.342 e. The van der Waals surface area contributed by atoms with Gasteiger partial charge < -0.3 is 4.90 Å². The third kappa shape index (κ3) is 3.17. The minimum Gasteiger partial charge on any atom is -0.342 e. The molecule has 0 bridgehead atoms. The van der Waals surface area contributed by atoms with E-state index in [1.165, 1.54) is 25.7 Å². The van der Waals surface area contributed by atoms with Gasteiger partial charge in [-0.25, -0.2) is 9.97 Å². The van der Waals surface area contributed by atoms with Crippen molar-refractivity contribution in [1.82, 2.24) is 14.9 Å². The Morgan fingerprint density at radius 1 is 1.25 bits per heavy atom. The summed E-state index contributed by atoms with van der Waals surface area (Å²) in [4.78, 5) is 22.8. The highest BCUT2D eigenvalue weighted by molar-refractivity contribution is 5.76. The van der Waals surface area contributed by atoms with E-state index >= 15 is 0 Å². The van der Waals surface area contributed by atoms with E-state index in [1.807, 2.05) is 6.07 Å². The predicted octanol–water partition coefficient (Wildman–Crippen LogP) is 2.76. The quantitative estimate of drug-likeness (QED) is 0.850. The number of carbonyl (C=O) groups is 1. The number of hydrogen-bond donors (Lipinski definition) is 0. The van der Waals surface area contributed by atoms with Gasteiger partial charge in [0.15, 0.2) is 0 Å². The van der Waals surface area contributed by atoms with E-state index in [1.54, 1.807) is 12.5 Å². The van der Waals surface area contributed by atoms with Crippen LogP contribution in [0.2, 0.25) is 0 Å². The molecule has 0 aromatic carbocycles. The third-order valence-electron chi connectivity index (χ3n) is 4.74. The average molecular weight is 273 g/mol. The van der Waals surface area contributed by atoms with Gasteiger partial charge in [0.05, 0.1) is 0 Å². The van der Waals surface area contributed by atoms with Crippen LogP contribution in [-0.2, 0) is 4.79 Å². The summed E-state index contributed by atoms with van der Waals surface area (Å²) in [7, 11) is 0. The molecule has 1 aliphatic heterocycles. The molecule has 1 aromatic rings. The van der Waals surface area contributed by atoms with E-state index in [4.69, 9.17) is 0 Å². The van der Waals surface area contributed by atoms with Gasteiger partial charge in [0.1, 0.15) is 6.33 Å². The number of carbonyl (C=O) groups excluding carboxylic acids is 1. The Labute approximate surface area is 120 Å². The van der Waals surface area contributed by atoms with E-state index in [0.29, 0.717) is 17.7 Å². The van der Waals surface area contributed by atoms with Gasteiger partial charge >= 0.3 is 0 Å². The summed E-state index contributed by atoms with van der Waals surface area (Å²) in [6, 6.07) is 1.98. The molecule has 1 atom stereocenters. The Balaban J connectivity index is 1.58. The molecule has 2 fully saturated rings. The molecule has 0 radical (unpaired) electrons. The minimum atomic E-state index is 0.357. The Morgan fingerprint density at radius 2 is 2.10 bits per heavy atom. The van der Waals surface area contributed by atoms with E-state index in [0.717, 1.165) is 38.0 Å². The van der Waals surface area contributed by atoms with E-state index in [-0.39, 0.29) is 0 Å². The van der Waals surface area contributed by atoms with Gasteiger partial charge in [0, 0.05) is 37.3 Å². The summed E-state index contributed by atoms with van der Waals surface area (Å²) in [6.45, 7) is 1.76. The van der Waals surface area contributed by atoms with E-state index in [2.05, 4.69) is 14.9 Å². The van der Waals surface area contributed by atoms with Gasteiger partial charge in [0.25, 0.3) is 0 Å². The number of likely N-dealkylation sites (tertiary alicyclic amines) is 1. The first-order valence-electron chi connectivity index (χ1n) is 7.86. The van der Waals surface area contributed by atoms with Crippen LogP contribution >= 0.6 is 0 Å². The Kier molecular flexibility index (Phi) is 4.28. The third-order valence-corrected chi connectivity index (χ3v) is 4.74. The molecule has 4 nitrogen and oxygen atoms in total. The Bertz CT molecular complexity index is 442. The van der Waals surface area contributed by atoms with Gasteiger partial charge in [-0.3, -0.25) is 4.79 Å². The molecular formula is C16H23N3O. The highest BCUT2D eigenvalue weighted by Gasteiger charge is 2.27. The van der Waals surface area contributed by atoms with Crippen molar-refractivity contribution in [3.8, 4) is 0 Å². The van der Waals surface area contributed by atoms with Gasteiger partial charge in [-0.15, -0.1) is 0 Å². The number of amides is 1. The summed E-state index contributed by atoms with van der Waals surface area (Å²) in [5.41, 5.74) is 1.08. The molecule has 1 unspecified atom stereocenters. The lowest BCUT2D eigenvalue weighted by atomic mass is 9.93. The molecule has 1 amide bonds. The first kappa shape index (κ1) is 13.5. The van der Waals surface area contributed by atoms with Crippen LogP contribution in [0.15, 0.2) is 18.6 Å². The molecule has 4 heteroatoms. The van der Waals surface area contributed by atoms with Crippen molar-refractivity contribution < 1.29 is 4.79 Å². The highest BCUT2D eigenvalue weighted by Crippen LogP contribution is 2.30. The number of rotatable bonds is 3. The first-order chi connectivity index (χ1) is 9.83.